The molecule has 1 aliphatic rings. The summed E-state index contributed by atoms with van der Waals surface area (Å²) < 4.78 is 5.26. The van der Waals surface area contributed by atoms with Crippen LogP contribution in [0.4, 0.5) is 0 Å². The summed E-state index contributed by atoms with van der Waals surface area (Å²) in [5, 5.41) is 4.01. The van der Waals surface area contributed by atoms with E-state index in [-0.39, 0.29) is 11.9 Å². The highest BCUT2D eigenvalue weighted by atomic mass is 16.5. The highest BCUT2D eigenvalue weighted by Crippen LogP contribution is 2.37. The fourth-order valence-electron chi connectivity index (χ4n) is 4.47. The molecule has 7 nitrogen and oxygen atoms in total. The summed E-state index contributed by atoms with van der Waals surface area (Å²) in [6.45, 7) is 8.52. The van der Waals surface area contributed by atoms with Gasteiger partial charge in [-0.2, -0.15) is 0 Å². The van der Waals surface area contributed by atoms with Crippen molar-refractivity contribution in [3.05, 3.63) is 58.8 Å². The second kappa shape index (κ2) is 8.96. The molecule has 0 N–H and O–H groups in total. The fourth-order valence-corrected chi connectivity index (χ4v) is 4.47. The van der Waals surface area contributed by atoms with Crippen molar-refractivity contribution in [2.45, 2.75) is 65.8 Å². The molecule has 0 saturated carbocycles. The molecule has 0 unspecified atom stereocenters. The molecule has 1 amide bonds. The lowest BCUT2D eigenvalue weighted by atomic mass is 9.92. The van der Waals surface area contributed by atoms with Crippen LogP contribution in [-0.2, 0) is 11.2 Å². The van der Waals surface area contributed by atoms with Gasteiger partial charge in [-0.15, -0.1) is 0 Å². The predicted octanol–water partition coefficient (Wildman–Crippen LogP) is 4.45. The molecule has 1 saturated heterocycles. The molecule has 7 heteroatoms. The number of amides is 1. The number of likely N-dealkylation sites (tertiary alicyclic amines) is 1. The van der Waals surface area contributed by atoms with E-state index < -0.39 is 0 Å². The van der Waals surface area contributed by atoms with Gasteiger partial charge in [-0.1, -0.05) is 5.16 Å². The molecule has 3 aromatic heterocycles. The lowest BCUT2D eigenvalue weighted by Gasteiger charge is -2.36. The Bertz CT molecular complexity index is 1070. The van der Waals surface area contributed by atoms with Gasteiger partial charge in [0.25, 0.3) is 0 Å². The number of pyridine rings is 1. The SMILES string of the molecule is Cc1ncc(-c2ccncc2C)c([C@H]2CCCCN2C(=O)CCc2c(C)noc2C)n1. The molecule has 0 spiro atoms. The third kappa shape index (κ3) is 4.36. The number of piperidine rings is 1. The first kappa shape index (κ1) is 21.2. The summed E-state index contributed by atoms with van der Waals surface area (Å²) in [6, 6.07) is 1.95. The molecular weight excluding hydrogens is 390 g/mol. The Balaban J connectivity index is 1.64. The number of aromatic nitrogens is 4. The van der Waals surface area contributed by atoms with Gasteiger partial charge in [-0.3, -0.25) is 9.78 Å². The molecule has 0 aromatic carbocycles. The number of carbonyl (C=O) groups excluding carboxylic acids is 1. The Morgan fingerprint density at radius 1 is 1.16 bits per heavy atom. The van der Waals surface area contributed by atoms with Crippen LogP contribution in [0.5, 0.6) is 0 Å². The Morgan fingerprint density at radius 3 is 2.74 bits per heavy atom. The fraction of sp³-hybridized carbons (Fsp3) is 0.458. The van der Waals surface area contributed by atoms with Crippen LogP contribution in [0.3, 0.4) is 0 Å². The van der Waals surface area contributed by atoms with Crippen molar-refractivity contribution in [1.82, 2.24) is 25.0 Å². The van der Waals surface area contributed by atoms with Gasteiger partial charge in [-0.05, 0) is 70.6 Å². The molecule has 0 bridgehead atoms. The number of rotatable bonds is 5. The minimum Gasteiger partial charge on any atom is -0.361 e. The van der Waals surface area contributed by atoms with E-state index in [0.717, 1.165) is 71.0 Å². The van der Waals surface area contributed by atoms with E-state index in [1.807, 2.05) is 51.1 Å². The van der Waals surface area contributed by atoms with E-state index in [1.165, 1.54) is 0 Å². The number of nitrogens with zero attached hydrogens (tertiary/aromatic N) is 5. The summed E-state index contributed by atoms with van der Waals surface area (Å²) in [5.41, 5.74) is 5.96. The van der Waals surface area contributed by atoms with Gasteiger partial charge in [-0.25, -0.2) is 9.97 Å². The van der Waals surface area contributed by atoms with Gasteiger partial charge in [0, 0.05) is 42.7 Å². The van der Waals surface area contributed by atoms with E-state index in [0.29, 0.717) is 12.8 Å². The Hall–Kier alpha value is -3.09. The number of aryl methyl sites for hydroxylation is 4. The van der Waals surface area contributed by atoms with Crippen molar-refractivity contribution < 1.29 is 9.32 Å². The van der Waals surface area contributed by atoms with Gasteiger partial charge >= 0.3 is 0 Å². The molecule has 31 heavy (non-hydrogen) atoms. The predicted molar refractivity (Wildman–Crippen MR) is 117 cm³/mol. The average Bonchev–Trinajstić information content (AvgIpc) is 3.10. The van der Waals surface area contributed by atoms with Gasteiger partial charge < -0.3 is 9.42 Å². The third-order valence-electron chi connectivity index (χ3n) is 6.16. The highest BCUT2D eigenvalue weighted by molar-refractivity contribution is 5.78. The first-order valence-electron chi connectivity index (χ1n) is 10.9. The average molecular weight is 420 g/mol. The zero-order chi connectivity index (χ0) is 22.0. The van der Waals surface area contributed by atoms with Crippen LogP contribution in [0.15, 0.2) is 29.2 Å². The minimum atomic E-state index is -0.0461. The molecule has 1 aliphatic heterocycles. The molecular formula is C24H29N5O2. The molecule has 1 fully saturated rings. The Labute approximate surface area is 182 Å². The first-order chi connectivity index (χ1) is 15.0. The van der Waals surface area contributed by atoms with Crippen molar-refractivity contribution in [3.8, 4) is 11.1 Å². The summed E-state index contributed by atoms with van der Waals surface area (Å²) in [5.74, 6) is 1.67. The number of hydrogen-bond acceptors (Lipinski definition) is 6. The maximum Gasteiger partial charge on any atom is 0.223 e. The lowest BCUT2D eigenvalue weighted by molar-refractivity contribution is -0.135. The van der Waals surface area contributed by atoms with Crippen LogP contribution < -0.4 is 0 Å². The maximum atomic E-state index is 13.3. The summed E-state index contributed by atoms with van der Waals surface area (Å²) in [7, 11) is 0. The summed E-state index contributed by atoms with van der Waals surface area (Å²) >= 11 is 0. The Kier molecular flexibility index (Phi) is 6.11. The molecule has 162 valence electrons. The molecule has 0 radical (unpaired) electrons. The van der Waals surface area contributed by atoms with Crippen molar-refractivity contribution in [2.24, 2.45) is 0 Å². The van der Waals surface area contributed by atoms with Crippen LogP contribution in [0.1, 0.15) is 65.8 Å². The zero-order valence-electron chi connectivity index (χ0n) is 18.7. The van der Waals surface area contributed by atoms with Gasteiger partial charge in [0.05, 0.1) is 17.4 Å². The molecule has 3 aromatic rings. The standard InChI is InChI=1S/C24H29N5O2/c1-15-13-25-11-10-19(15)21-14-26-18(4)27-24(21)22-7-5-6-12-29(22)23(30)9-8-20-16(2)28-31-17(20)3/h10-11,13-14,22H,5-9,12H2,1-4H3/t22-/m1/s1. The first-order valence-corrected chi connectivity index (χ1v) is 10.9. The summed E-state index contributed by atoms with van der Waals surface area (Å²) in [6.07, 6.45) is 9.62. The van der Waals surface area contributed by atoms with Crippen molar-refractivity contribution in [2.75, 3.05) is 6.54 Å². The zero-order valence-corrected chi connectivity index (χ0v) is 18.7. The van der Waals surface area contributed by atoms with Crippen molar-refractivity contribution >= 4 is 5.91 Å². The van der Waals surface area contributed by atoms with Crippen LogP contribution in [0, 0.1) is 27.7 Å². The Morgan fingerprint density at radius 2 is 2.00 bits per heavy atom. The largest absolute Gasteiger partial charge is 0.361 e. The van der Waals surface area contributed by atoms with Gasteiger partial charge in [0.1, 0.15) is 11.6 Å². The number of hydrogen-bond donors (Lipinski definition) is 0. The van der Waals surface area contributed by atoms with Gasteiger partial charge in [0.15, 0.2) is 0 Å². The van der Waals surface area contributed by atoms with E-state index >= 15 is 0 Å². The topological polar surface area (TPSA) is 85.0 Å². The van der Waals surface area contributed by atoms with Crippen LogP contribution in [0.25, 0.3) is 11.1 Å². The van der Waals surface area contributed by atoms with E-state index in [1.54, 1.807) is 6.20 Å². The smallest absolute Gasteiger partial charge is 0.223 e. The second-order valence-corrected chi connectivity index (χ2v) is 8.31. The van der Waals surface area contributed by atoms with E-state index in [2.05, 4.69) is 15.1 Å². The van der Waals surface area contributed by atoms with Crippen LogP contribution >= 0.6 is 0 Å². The van der Waals surface area contributed by atoms with Crippen molar-refractivity contribution in [1.29, 1.82) is 0 Å². The summed E-state index contributed by atoms with van der Waals surface area (Å²) in [4.78, 5) is 28.9. The quantitative estimate of drug-likeness (QED) is 0.607. The van der Waals surface area contributed by atoms with E-state index in [9.17, 15) is 4.79 Å². The molecule has 1 atom stereocenters. The van der Waals surface area contributed by atoms with Gasteiger partial charge in [0.2, 0.25) is 5.91 Å². The molecule has 0 aliphatic carbocycles. The molecule has 4 rings (SSSR count). The van der Waals surface area contributed by atoms with Crippen LogP contribution in [-0.4, -0.2) is 37.5 Å². The second-order valence-electron chi connectivity index (χ2n) is 8.31. The highest BCUT2D eigenvalue weighted by Gasteiger charge is 2.31. The minimum absolute atomic E-state index is 0.0461. The van der Waals surface area contributed by atoms with Crippen molar-refractivity contribution in [3.63, 3.8) is 0 Å². The number of carbonyl (C=O) groups is 1. The monoisotopic (exact) mass is 419 g/mol. The maximum absolute atomic E-state index is 13.3. The molecule has 4 heterocycles. The van der Waals surface area contributed by atoms with Crippen LogP contribution in [0.2, 0.25) is 0 Å². The normalized spacial score (nSPS) is 16.5. The van der Waals surface area contributed by atoms with E-state index in [4.69, 9.17) is 9.51 Å². The third-order valence-corrected chi connectivity index (χ3v) is 6.16. The lowest BCUT2D eigenvalue weighted by Crippen LogP contribution is -2.39.